The molecule has 20 heavy (non-hydrogen) atoms. The van der Waals surface area contributed by atoms with Crippen molar-refractivity contribution in [2.45, 2.75) is 25.7 Å². The monoisotopic (exact) mass is 275 g/mol. The van der Waals surface area contributed by atoms with Crippen LogP contribution in [-0.2, 0) is 11.2 Å². The molecule has 0 atom stereocenters. The van der Waals surface area contributed by atoms with Crippen molar-refractivity contribution in [3.63, 3.8) is 0 Å². The molecule has 3 N–H and O–H groups in total. The Morgan fingerprint density at radius 1 is 1.35 bits per heavy atom. The first-order chi connectivity index (χ1) is 9.74. The second kappa shape index (κ2) is 7.29. The predicted molar refractivity (Wildman–Crippen MR) is 82.8 cm³/mol. The van der Waals surface area contributed by atoms with E-state index in [0.29, 0.717) is 11.4 Å². The molecule has 4 nitrogen and oxygen atoms in total. The number of methoxy groups -OCH3 is 1. The number of benzene rings is 1. The summed E-state index contributed by atoms with van der Waals surface area (Å²) in [5.41, 5.74) is 7.58. The molecule has 0 unspecified atom stereocenters. The van der Waals surface area contributed by atoms with Gasteiger partial charge in [0, 0.05) is 26.8 Å². The SMILES string of the molecule is COCCC1(CN=C(N)NCCc2ccccc2)CC1. The fourth-order valence-corrected chi connectivity index (χ4v) is 2.27. The van der Waals surface area contributed by atoms with Crippen molar-refractivity contribution < 1.29 is 4.74 Å². The molecule has 1 aliphatic carbocycles. The maximum absolute atomic E-state index is 5.91. The number of rotatable bonds is 8. The lowest BCUT2D eigenvalue weighted by Crippen LogP contribution is -2.34. The number of aliphatic imine (C=N–C) groups is 1. The molecule has 0 heterocycles. The van der Waals surface area contributed by atoms with Crippen LogP contribution in [0.4, 0.5) is 0 Å². The molecule has 0 spiro atoms. The molecule has 0 saturated heterocycles. The van der Waals surface area contributed by atoms with Gasteiger partial charge in [0.25, 0.3) is 0 Å². The molecular weight excluding hydrogens is 250 g/mol. The number of guanidine groups is 1. The Hall–Kier alpha value is -1.55. The Morgan fingerprint density at radius 2 is 2.10 bits per heavy atom. The lowest BCUT2D eigenvalue weighted by atomic mass is 10.0. The largest absolute Gasteiger partial charge is 0.385 e. The third-order valence-corrected chi connectivity index (χ3v) is 3.94. The first kappa shape index (κ1) is 14.9. The van der Waals surface area contributed by atoms with Gasteiger partial charge in [-0.1, -0.05) is 30.3 Å². The van der Waals surface area contributed by atoms with Crippen LogP contribution in [0.3, 0.4) is 0 Å². The fourth-order valence-electron chi connectivity index (χ4n) is 2.27. The molecule has 0 aliphatic heterocycles. The minimum atomic E-state index is 0.363. The summed E-state index contributed by atoms with van der Waals surface area (Å²) in [5.74, 6) is 0.560. The zero-order chi connectivity index (χ0) is 14.3. The summed E-state index contributed by atoms with van der Waals surface area (Å²) in [7, 11) is 1.75. The topological polar surface area (TPSA) is 59.6 Å². The summed E-state index contributed by atoms with van der Waals surface area (Å²) in [6.45, 7) is 2.46. The number of hydrogen-bond acceptors (Lipinski definition) is 2. The van der Waals surface area contributed by atoms with Gasteiger partial charge in [0.2, 0.25) is 0 Å². The van der Waals surface area contributed by atoms with Crippen LogP contribution in [-0.4, -0.2) is 32.8 Å². The molecule has 1 saturated carbocycles. The van der Waals surface area contributed by atoms with Crippen molar-refractivity contribution in [2.75, 3.05) is 26.8 Å². The van der Waals surface area contributed by atoms with Gasteiger partial charge in [0.1, 0.15) is 0 Å². The van der Waals surface area contributed by atoms with Crippen molar-refractivity contribution in [3.05, 3.63) is 35.9 Å². The van der Waals surface area contributed by atoms with Crippen LogP contribution in [0, 0.1) is 5.41 Å². The lowest BCUT2D eigenvalue weighted by Gasteiger charge is -2.12. The van der Waals surface area contributed by atoms with Crippen molar-refractivity contribution in [2.24, 2.45) is 16.1 Å². The van der Waals surface area contributed by atoms with E-state index in [1.807, 2.05) is 6.07 Å². The maximum Gasteiger partial charge on any atom is 0.188 e. The Bertz CT molecular complexity index is 427. The number of nitrogens with two attached hydrogens (primary N) is 1. The van der Waals surface area contributed by atoms with Crippen molar-refractivity contribution in [3.8, 4) is 0 Å². The molecule has 1 aromatic rings. The zero-order valence-corrected chi connectivity index (χ0v) is 12.3. The minimum absolute atomic E-state index is 0.363. The average molecular weight is 275 g/mol. The summed E-state index contributed by atoms with van der Waals surface area (Å²) >= 11 is 0. The smallest absolute Gasteiger partial charge is 0.188 e. The van der Waals surface area contributed by atoms with E-state index < -0.39 is 0 Å². The molecular formula is C16H25N3O. The van der Waals surface area contributed by atoms with Gasteiger partial charge in [-0.25, -0.2) is 0 Å². The van der Waals surface area contributed by atoms with Gasteiger partial charge >= 0.3 is 0 Å². The second-order valence-electron chi connectivity index (χ2n) is 5.61. The second-order valence-corrected chi connectivity index (χ2v) is 5.61. The first-order valence-corrected chi connectivity index (χ1v) is 7.31. The van der Waals surface area contributed by atoms with E-state index in [0.717, 1.165) is 32.5 Å². The molecule has 1 fully saturated rings. The van der Waals surface area contributed by atoms with Crippen molar-refractivity contribution in [1.82, 2.24) is 5.32 Å². The molecule has 1 aliphatic rings. The Morgan fingerprint density at radius 3 is 2.75 bits per heavy atom. The van der Waals surface area contributed by atoms with Crippen LogP contribution in [0.25, 0.3) is 0 Å². The summed E-state index contributed by atoms with van der Waals surface area (Å²) in [5, 5.41) is 3.18. The highest BCUT2D eigenvalue weighted by molar-refractivity contribution is 5.77. The third kappa shape index (κ3) is 4.85. The normalized spacial score (nSPS) is 16.9. The molecule has 2 rings (SSSR count). The quantitative estimate of drug-likeness (QED) is 0.563. The van der Waals surface area contributed by atoms with Gasteiger partial charge in [-0.2, -0.15) is 0 Å². The molecule has 0 amide bonds. The number of nitrogens with one attached hydrogen (secondary N) is 1. The molecule has 0 aromatic heterocycles. The van der Waals surface area contributed by atoms with Gasteiger partial charge in [0.15, 0.2) is 5.96 Å². The van der Waals surface area contributed by atoms with Gasteiger partial charge in [-0.05, 0) is 36.7 Å². The van der Waals surface area contributed by atoms with E-state index in [1.54, 1.807) is 7.11 Å². The molecule has 4 heteroatoms. The van der Waals surface area contributed by atoms with Gasteiger partial charge < -0.3 is 15.8 Å². The summed E-state index contributed by atoms with van der Waals surface area (Å²) in [6, 6.07) is 10.4. The molecule has 110 valence electrons. The summed E-state index contributed by atoms with van der Waals surface area (Å²) in [6.07, 6.45) is 4.55. The van der Waals surface area contributed by atoms with Crippen molar-refractivity contribution >= 4 is 5.96 Å². The highest BCUT2D eigenvalue weighted by Gasteiger charge is 2.41. The van der Waals surface area contributed by atoms with E-state index in [-0.39, 0.29) is 0 Å². The van der Waals surface area contributed by atoms with E-state index in [2.05, 4.69) is 34.6 Å². The van der Waals surface area contributed by atoms with Gasteiger partial charge in [0.05, 0.1) is 0 Å². The van der Waals surface area contributed by atoms with Crippen LogP contribution in [0.5, 0.6) is 0 Å². The van der Waals surface area contributed by atoms with Crippen LogP contribution in [0.1, 0.15) is 24.8 Å². The average Bonchev–Trinajstić information content (AvgIpc) is 3.25. The third-order valence-electron chi connectivity index (χ3n) is 3.94. The highest BCUT2D eigenvalue weighted by Crippen LogP contribution is 2.48. The Labute approximate surface area is 121 Å². The minimum Gasteiger partial charge on any atom is -0.385 e. The predicted octanol–water partition coefficient (Wildman–Crippen LogP) is 1.95. The Balaban J connectivity index is 1.67. The van der Waals surface area contributed by atoms with Crippen LogP contribution >= 0.6 is 0 Å². The standard InChI is InChI=1S/C16H25N3O/c1-20-12-10-16(8-9-16)13-19-15(17)18-11-7-14-5-3-2-4-6-14/h2-6H,7-13H2,1H3,(H3,17,18,19). The molecule has 0 bridgehead atoms. The summed E-state index contributed by atoms with van der Waals surface area (Å²) < 4.78 is 5.14. The lowest BCUT2D eigenvalue weighted by molar-refractivity contribution is 0.174. The first-order valence-electron chi connectivity index (χ1n) is 7.31. The van der Waals surface area contributed by atoms with Gasteiger partial charge in [-0.3, -0.25) is 4.99 Å². The molecule has 1 aromatic carbocycles. The number of nitrogens with zero attached hydrogens (tertiary/aromatic N) is 1. The fraction of sp³-hybridized carbons (Fsp3) is 0.562. The van der Waals surface area contributed by atoms with E-state index in [9.17, 15) is 0 Å². The zero-order valence-electron chi connectivity index (χ0n) is 12.3. The van der Waals surface area contributed by atoms with E-state index >= 15 is 0 Å². The van der Waals surface area contributed by atoms with E-state index in [1.165, 1.54) is 18.4 Å². The van der Waals surface area contributed by atoms with Crippen LogP contribution in [0.2, 0.25) is 0 Å². The van der Waals surface area contributed by atoms with Crippen LogP contribution < -0.4 is 11.1 Å². The summed E-state index contributed by atoms with van der Waals surface area (Å²) in [4.78, 5) is 4.47. The molecule has 0 radical (unpaired) electrons. The van der Waals surface area contributed by atoms with Gasteiger partial charge in [-0.15, -0.1) is 0 Å². The van der Waals surface area contributed by atoms with E-state index in [4.69, 9.17) is 10.5 Å². The van der Waals surface area contributed by atoms with Crippen LogP contribution in [0.15, 0.2) is 35.3 Å². The number of ether oxygens (including phenoxy) is 1. The van der Waals surface area contributed by atoms with Crippen molar-refractivity contribution in [1.29, 1.82) is 0 Å². The Kier molecular flexibility index (Phi) is 5.41. The maximum atomic E-state index is 5.91. The highest BCUT2D eigenvalue weighted by atomic mass is 16.5. The number of hydrogen-bond donors (Lipinski definition) is 2.